The predicted molar refractivity (Wildman–Crippen MR) is 117 cm³/mol. The lowest BCUT2D eigenvalue weighted by molar-refractivity contribution is 0.0962. The maximum atomic E-state index is 13.8. The Bertz CT molecular complexity index is 1360. The number of ketones is 1. The first-order valence-corrected chi connectivity index (χ1v) is 10.5. The molecule has 1 unspecified atom stereocenters. The fourth-order valence-corrected chi connectivity index (χ4v) is 4.44. The number of aromatic nitrogens is 3. The van der Waals surface area contributed by atoms with Gasteiger partial charge in [0.2, 0.25) is 0 Å². The van der Waals surface area contributed by atoms with E-state index in [0.29, 0.717) is 40.3 Å². The smallest absolute Gasteiger partial charge is 0.166 e. The summed E-state index contributed by atoms with van der Waals surface area (Å²) >= 11 is 0. The molecule has 8 heteroatoms. The van der Waals surface area contributed by atoms with Crippen LogP contribution in [-0.4, -0.2) is 34.6 Å². The van der Waals surface area contributed by atoms with E-state index in [0.717, 1.165) is 17.2 Å². The number of hydrogen-bond acceptors (Lipinski definition) is 5. The van der Waals surface area contributed by atoms with Crippen LogP contribution in [-0.2, 0) is 17.8 Å². The molecule has 1 aliphatic carbocycles. The molecule has 0 N–H and O–H groups in total. The second-order valence-electron chi connectivity index (χ2n) is 8.09. The fourth-order valence-electron chi connectivity index (χ4n) is 4.44. The van der Waals surface area contributed by atoms with E-state index in [2.05, 4.69) is 5.10 Å². The fraction of sp³-hybridized carbons (Fsp3) is 0.240. The highest BCUT2D eigenvalue weighted by Gasteiger charge is 2.30. The molecular formula is C25H21F2N3O3. The lowest BCUT2D eigenvalue weighted by Crippen LogP contribution is -2.21. The van der Waals surface area contributed by atoms with Gasteiger partial charge in [-0.15, -0.1) is 0 Å². The number of nitrogens with zero attached hydrogens (tertiary/aromatic N) is 3. The normalized spacial score (nSPS) is 15.6. The third kappa shape index (κ3) is 3.87. The summed E-state index contributed by atoms with van der Waals surface area (Å²) < 4.78 is 39.9. The van der Waals surface area contributed by atoms with Crippen LogP contribution >= 0.6 is 0 Å². The van der Waals surface area contributed by atoms with E-state index in [4.69, 9.17) is 14.5 Å². The molecule has 33 heavy (non-hydrogen) atoms. The van der Waals surface area contributed by atoms with Crippen molar-refractivity contribution >= 4 is 11.4 Å². The van der Waals surface area contributed by atoms with Crippen molar-refractivity contribution in [3.8, 4) is 16.9 Å². The number of halogens is 2. The number of carbonyl (C=O) groups is 1. The Morgan fingerprint density at radius 2 is 1.88 bits per heavy atom. The van der Waals surface area contributed by atoms with Gasteiger partial charge in [-0.05, 0) is 47.7 Å². The van der Waals surface area contributed by atoms with E-state index in [1.165, 1.54) is 12.1 Å². The summed E-state index contributed by atoms with van der Waals surface area (Å²) in [5, 5.41) is 4.61. The van der Waals surface area contributed by atoms with Crippen molar-refractivity contribution in [1.29, 1.82) is 0 Å². The highest BCUT2D eigenvalue weighted by atomic mass is 19.1. The molecular weight excluding hydrogens is 428 g/mol. The summed E-state index contributed by atoms with van der Waals surface area (Å²) in [6.07, 6.45) is 2.23. The third-order valence-electron chi connectivity index (χ3n) is 5.93. The van der Waals surface area contributed by atoms with Crippen LogP contribution in [0.25, 0.3) is 16.8 Å². The van der Waals surface area contributed by atoms with Crippen molar-refractivity contribution < 1.29 is 23.0 Å². The van der Waals surface area contributed by atoms with Crippen LogP contribution in [0.2, 0.25) is 0 Å². The molecule has 6 nitrogen and oxygen atoms in total. The van der Waals surface area contributed by atoms with Gasteiger partial charge in [0.05, 0.1) is 36.2 Å². The lowest BCUT2D eigenvalue weighted by Gasteiger charge is -2.23. The maximum Gasteiger partial charge on any atom is 0.166 e. The zero-order valence-electron chi connectivity index (χ0n) is 18.1. The molecule has 0 spiro atoms. The van der Waals surface area contributed by atoms with Gasteiger partial charge in [-0.1, -0.05) is 12.1 Å². The Hall–Kier alpha value is -3.65. The minimum atomic E-state index is -0.660. The molecule has 2 aromatic heterocycles. The van der Waals surface area contributed by atoms with Crippen LogP contribution in [0.5, 0.6) is 5.75 Å². The second kappa shape index (κ2) is 8.37. The minimum Gasteiger partial charge on any atom is -0.497 e. The summed E-state index contributed by atoms with van der Waals surface area (Å²) in [6, 6.07) is 10.9. The van der Waals surface area contributed by atoms with Crippen LogP contribution in [0.3, 0.4) is 0 Å². The predicted octanol–water partition coefficient (Wildman–Crippen LogP) is 4.74. The Kier molecular flexibility index (Phi) is 5.38. The second-order valence-corrected chi connectivity index (χ2v) is 8.09. The van der Waals surface area contributed by atoms with Gasteiger partial charge in [0.1, 0.15) is 17.4 Å². The molecule has 0 aliphatic heterocycles. The number of hydrogen-bond donors (Lipinski definition) is 0. The van der Waals surface area contributed by atoms with Gasteiger partial charge in [-0.25, -0.2) is 18.3 Å². The van der Waals surface area contributed by atoms with Crippen molar-refractivity contribution in [3.63, 3.8) is 0 Å². The Morgan fingerprint density at radius 1 is 1.09 bits per heavy atom. The number of benzene rings is 2. The highest BCUT2D eigenvalue weighted by Crippen LogP contribution is 2.35. The zero-order valence-corrected chi connectivity index (χ0v) is 18.1. The molecule has 2 aromatic carbocycles. The minimum absolute atomic E-state index is 0.132. The van der Waals surface area contributed by atoms with E-state index in [9.17, 15) is 13.6 Å². The largest absolute Gasteiger partial charge is 0.497 e. The summed E-state index contributed by atoms with van der Waals surface area (Å²) in [5.74, 6) is -1.12. The Balaban J connectivity index is 1.65. The molecule has 2 heterocycles. The molecule has 168 valence electrons. The summed E-state index contributed by atoms with van der Waals surface area (Å²) in [5.41, 5.74) is 4.40. The van der Waals surface area contributed by atoms with E-state index >= 15 is 0 Å². The number of ether oxygens (including phenoxy) is 2. The SMILES string of the molecule is COCc1nn2cc3c(nc2c1-c1cccc(OC)c1)CC(c1cc(F)cc(F)c1)CC3=O. The topological polar surface area (TPSA) is 65.7 Å². The third-order valence-corrected chi connectivity index (χ3v) is 5.93. The first-order valence-electron chi connectivity index (χ1n) is 10.5. The molecule has 0 radical (unpaired) electrons. The summed E-state index contributed by atoms with van der Waals surface area (Å²) in [6.45, 7) is 0.264. The van der Waals surface area contributed by atoms with E-state index < -0.39 is 11.6 Å². The quantitative estimate of drug-likeness (QED) is 0.440. The molecule has 0 amide bonds. The van der Waals surface area contributed by atoms with Crippen LogP contribution < -0.4 is 4.74 Å². The Morgan fingerprint density at radius 3 is 2.61 bits per heavy atom. The van der Waals surface area contributed by atoms with Gasteiger partial charge in [0.15, 0.2) is 11.4 Å². The van der Waals surface area contributed by atoms with Crippen LogP contribution in [0.4, 0.5) is 8.78 Å². The van der Waals surface area contributed by atoms with Gasteiger partial charge in [-0.2, -0.15) is 5.10 Å². The van der Waals surface area contributed by atoms with Gasteiger partial charge in [0.25, 0.3) is 0 Å². The van der Waals surface area contributed by atoms with Crippen molar-refractivity contribution in [1.82, 2.24) is 14.6 Å². The Labute approximate surface area is 188 Å². The number of rotatable bonds is 5. The van der Waals surface area contributed by atoms with Crippen molar-refractivity contribution in [2.45, 2.75) is 25.4 Å². The average Bonchev–Trinajstić information content (AvgIpc) is 3.14. The van der Waals surface area contributed by atoms with Gasteiger partial charge >= 0.3 is 0 Å². The van der Waals surface area contributed by atoms with Crippen LogP contribution in [0.1, 0.15) is 39.6 Å². The maximum absolute atomic E-state index is 13.8. The molecule has 1 aliphatic rings. The monoisotopic (exact) mass is 449 g/mol. The number of fused-ring (bicyclic) bond motifs is 2. The van der Waals surface area contributed by atoms with Gasteiger partial charge in [-0.3, -0.25) is 4.79 Å². The number of carbonyl (C=O) groups excluding carboxylic acids is 1. The molecule has 5 rings (SSSR count). The van der Waals surface area contributed by atoms with Crippen molar-refractivity contribution in [2.75, 3.05) is 14.2 Å². The van der Waals surface area contributed by atoms with Gasteiger partial charge in [0, 0.05) is 25.8 Å². The van der Waals surface area contributed by atoms with E-state index in [1.807, 2.05) is 24.3 Å². The molecule has 4 aromatic rings. The summed E-state index contributed by atoms with van der Waals surface area (Å²) in [7, 11) is 3.19. The molecule has 0 saturated heterocycles. The number of methoxy groups -OCH3 is 2. The van der Waals surface area contributed by atoms with E-state index in [1.54, 1.807) is 24.9 Å². The zero-order chi connectivity index (χ0) is 23.1. The van der Waals surface area contributed by atoms with Crippen LogP contribution in [0, 0.1) is 11.6 Å². The summed E-state index contributed by atoms with van der Waals surface area (Å²) in [4.78, 5) is 17.8. The van der Waals surface area contributed by atoms with Crippen molar-refractivity contribution in [2.24, 2.45) is 0 Å². The molecule has 0 saturated carbocycles. The highest BCUT2D eigenvalue weighted by molar-refractivity contribution is 5.99. The first kappa shape index (κ1) is 21.2. The molecule has 0 bridgehead atoms. The molecule has 1 atom stereocenters. The van der Waals surface area contributed by atoms with Gasteiger partial charge < -0.3 is 9.47 Å². The average molecular weight is 449 g/mol. The van der Waals surface area contributed by atoms with E-state index in [-0.39, 0.29) is 24.7 Å². The molecule has 0 fully saturated rings. The first-order chi connectivity index (χ1) is 16.0. The lowest BCUT2D eigenvalue weighted by atomic mass is 9.82. The number of Topliss-reactive ketones (excluding diaryl/α,β-unsaturated/α-hetero) is 1. The standard InChI is InChI=1S/C25H21F2N3O3/c1-32-13-22-24(14-4-3-5-19(8-14)33-2)25-28-21-9-16(15-6-17(26)11-18(27)7-15)10-23(31)20(21)12-30(25)29-22/h3-8,11-12,16H,9-10,13H2,1-2H3. The van der Waals surface area contributed by atoms with Crippen molar-refractivity contribution in [3.05, 3.63) is 82.8 Å². The van der Waals surface area contributed by atoms with Crippen LogP contribution in [0.15, 0.2) is 48.7 Å².